The van der Waals surface area contributed by atoms with Crippen LogP contribution in [0.25, 0.3) is 22.4 Å². The number of unbranched alkanes of at least 4 members (excludes halogenated alkanes) is 2. The molecule has 0 aliphatic carbocycles. The first-order valence-electron chi connectivity index (χ1n) is 10.7. The lowest BCUT2D eigenvalue weighted by atomic mass is 10.0. The van der Waals surface area contributed by atoms with E-state index in [9.17, 15) is 4.79 Å². The van der Waals surface area contributed by atoms with Gasteiger partial charge in [-0.15, -0.1) is 0 Å². The molecule has 31 heavy (non-hydrogen) atoms. The van der Waals surface area contributed by atoms with E-state index in [1.54, 1.807) is 7.11 Å². The summed E-state index contributed by atoms with van der Waals surface area (Å²) >= 11 is 0. The van der Waals surface area contributed by atoms with Crippen molar-refractivity contribution in [3.63, 3.8) is 0 Å². The zero-order chi connectivity index (χ0) is 21.9. The summed E-state index contributed by atoms with van der Waals surface area (Å²) in [6, 6.07) is 22.1. The Morgan fingerprint density at radius 3 is 2.35 bits per heavy atom. The predicted octanol–water partition coefficient (Wildman–Crippen LogP) is 5.93. The topological polar surface area (TPSA) is 57.7 Å². The molecular weight excluding hydrogens is 390 g/mol. The van der Waals surface area contributed by atoms with Crippen LogP contribution < -0.4 is 9.47 Å². The number of pyridine rings is 1. The minimum Gasteiger partial charge on any atom is -0.497 e. The molecule has 2 aromatic carbocycles. The highest BCUT2D eigenvalue weighted by Gasteiger charge is 2.09. The van der Waals surface area contributed by atoms with Crippen molar-refractivity contribution in [2.75, 3.05) is 20.3 Å². The normalized spacial score (nSPS) is 10.5. The van der Waals surface area contributed by atoms with Gasteiger partial charge in [0, 0.05) is 18.1 Å². The van der Waals surface area contributed by atoms with Crippen molar-refractivity contribution in [1.29, 1.82) is 0 Å². The van der Waals surface area contributed by atoms with Crippen LogP contribution in [0.15, 0.2) is 66.7 Å². The first-order valence-corrected chi connectivity index (χ1v) is 10.7. The van der Waals surface area contributed by atoms with Gasteiger partial charge in [0.05, 0.1) is 26.0 Å². The van der Waals surface area contributed by atoms with Crippen molar-refractivity contribution in [2.45, 2.75) is 32.6 Å². The van der Waals surface area contributed by atoms with E-state index in [1.165, 1.54) is 0 Å². The molecule has 0 N–H and O–H groups in total. The Hall–Kier alpha value is -3.34. The number of methoxy groups -OCH3 is 1. The number of esters is 1. The molecule has 1 heterocycles. The maximum absolute atomic E-state index is 11.4. The highest BCUT2D eigenvalue weighted by Crippen LogP contribution is 2.30. The third kappa shape index (κ3) is 6.85. The summed E-state index contributed by atoms with van der Waals surface area (Å²) in [6.45, 7) is 2.81. The molecular formula is C26H29NO4. The Balaban J connectivity index is 1.69. The van der Waals surface area contributed by atoms with Gasteiger partial charge in [0.1, 0.15) is 5.75 Å². The number of aromatic nitrogens is 1. The Morgan fingerprint density at radius 2 is 1.65 bits per heavy atom. The third-order valence-electron chi connectivity index (χ3n) is 4.88. The number of carbonyl (C=O) groups excluding carboxylic acids is 1. The van der Waals surface area contributed by atoms with Gasteiger partial charge < -0.3 is 14.2 Å². The van der Waals surface area contributed by atoms with E-state index in [0.29, 0.717) is 25.5 Å². The van der Waals surface area contributed by atoms with E-state index in [-0.39, 0.29) is 5.97 Å². The largest absolute Gasteiger partial charge is 0.497 e. The SMILES string of the molecule is CCOC(=O)CCCCCOc1cc(-c2ccc(OC)cc2)cc(-c2ccccc2)n1. The van der Waals surface area contributed by atoms with E-state index in [0.717, 1.165) is 47.4 Å². The van der Waals surface area contributed by atoms with Crippen LogP contribution in [0.1, 0.15) is 32.6 Å². The van der Waals surface area contributed by atoms with Crippen molar-refractivity contribution in [3.8, 4) is 34.0 Å². The van der Waals surface area contributed by atoms with Crippen molar-refractivity contribution < 1.29 is 19.0 Å². The minimum absolute atomic E-state index is 0.134. The highest BCUT2D eigenvalue weighted by molar-refractivity contribution is 5.72. The number of hydrogen-bond donors (Lipinski definition) is 0. The molecule has 5 heteroatoms. The fourth-order valence-corrected chi connectivity index (χ4v) is 3.24. The second-order valence-corrected chi connectivity index (χ2v) is 7.14. The van der Waals surface area contributed by atoms with Crippen LogP contribution in [0.4, 0.5) is 0 Å². The van der Waals surface area contributed by atoms with E-state index in [4.69, 9.17) is 19.2 Å². The van der Waals surface area contributed by atoms with Crippen LogP contribution in [0, 0.1) is 0 Å². The van der Waals surface area contributed by atoms with E-state index in [1.807, 2.05) is 67.6 Å². The van der Waals surface area contributed by atoms with Crippen molar-refractivity contribution in [2.24, 2.45) is 0 Å². The van der Waals surface area contributed by atoms with E-state index >= 15 is 0 Å². The average molecular weight is 420 g/mol. The molecule has 5 nitrogen and oxygen atoms in total. The number of benzene rings is 2. The summed E-state index contributed by atoms with van der Waals surface area (Å²) in [7, 11) is 1.66. The van der Waals surface area contributed by atoms with Gasteiger partial charge in [0.2, 0.25) is 5.88 Å². The predicted molar refractivity (Wildman–Crippen MR) is 122 cm³/mol. The molecule has 0 saturated carbocycles. The van der Waals surface area contributed by atoms with E-state index < -0.39 is 0 Å². The summed E-state index contributed by atoms with van der Waals surface area (Å²) in [5.74, 6) is 1.28. The molecule has 0 aliphatic rings. The molecule has 0 bridgehead atoms. The Kier molecular flexibility index (Phi) is 8.47. The number of nitrogens with zero attached hydrogens (tertiary/aromatic N) is 1. The van der Waals surface area contributed by atoms with Gasteiger partial charge in [-0.3, -0.25) is 4.79 Å². The smallest absolute Gasteiger partial charge is 0.305 e. The molecule has 3 rings (SSSR count). The summed E-state index contributed by atoms with van der Waals surface area (Å²) in [5, 5.41) is 0. The minimum atomic E-state index is -0.134. The monoisotopic (exact) mass is 419 g/mol. The molecule has 0 spiro atoms. The molecule has 0 fully saturated rings. The summed E-state index contributed by atoms with van der Waals surface area (Å²) in [4.78, 5) is 16.1. The zero-order valence-corrected chi connectivity index (χ0v) is 18.2. The van der Waals surface area contributed by atoms with Gasteiger partial charge in [-0.1, -0.05) is 42.5 Å². The fourth-order valence-electron chi connectivity index (χ4n) is 3.24. The zero-order valence-electron chi connectivity index (χ0n) is 18.2. The van der Waals surface area contributed by atoms with Gasteiger partial charge >= 0.3 is 5.97 Å². The fraction of sp³-hybridized carbons (Fsp3) is 0.308. The number of hydrogen-bond acceptors (Lipinski definition) is 5. The number of rotatable bonds is 11. The second-order valence-electron chi connectivity index (χ2n) is 7.14. The Labute approximate surface area is 184 Å². The maximum Gasteiger partial charge on any atom is 0.305 e. The Bertz CT molecular complexity index is 955. The number of ether oxygens (including phenoxy) is 3. The average Bonchev–Trinajstić information content (AvgIpc) is 2.82. The lowest BCUT2D eigenvalue weighted by Gasteiger charge is -2.11. The van der Waals surface area contributed by atoms with Crippen LogP contribution >= 0.6 is 0 Å². The summed E-state index contributed by atoms with van der Waals surface area (Å²) in [5.41, 5.74) is 4.01. The van der Waals surface area contributed by atoms with Gasteiger partial charge in [-0.25, -0.2) is 4.98 Å². The number of carbonyl (C=O) groups is 1. The molecule has 3 aromatic rings. The van der Waals surface area contributed by atoms with Crippen LogP contribution in [-0.2, 0) is 9.53 Å². The Morgan fingerprint density at radius 1 is 0.871 bits per heavy atom. The molecule has 0 saturated heterocycles. The molecule has 0 atom stereocenters. The van der Waals surface area contributed by atoms with Crippen LogP contribution in [-0.4, -0.2) is 31.3 Å². The van der Waals surface area contributed by atoms with Crippen LogP contribution in [0.5, 0.6) is 11.6 Å². The molecule has 1 aromatic heterocycles. The van der Waals surface area contributed by atoms with Crippen molar-refractivity contribution >= 4 is 5.97 Å². The lowest BCUT2D eigenvalue weighted by molar-refractivity contribution is -0.143. The quantitative estimate of drug-likeness (QED) is 0.285. The molecule has 0 amide bonds. The van der Waals surface area contributed by atoms with Gasteiger partial charge in [0.15, 0.2) is 0 Å². The second kappa shape index (κ2) is 11.7. The van der Waals surface area contributed by atoms with Gasteiger partial charge in [0.25, 0.3) is 0 Å². The molecule has 0 radical (unpaired) electrons. The third-order valence-corrected chi connectivity index (χ3v) is 4.88. The van der Waals surface area contributed by atoms with Crippen LogP contribution in [0.3, 0.4) is 0 Å². The summed E-state index contributed by atoms with van der Waals surface area (Å²) in [6.07, 6.45) is 3.02. The van der Waals surface area contributed by atoms with Gasteiger partial charge in [-0.2, -0.15) is 0 Å². The van der Waals surface area contributed by atoms with Crippen molar-refractivity contribution in [3.05, 3.63) is 66.7 Å². The molecule has 0 unspecified atom stereocenters. The summed E-state index contributed by atoms with van der Waals surface area (Å²) < 4.78 is 16.2. The highest BCUT2D eigenvalue weighted by atomic mass is 16.5. The molecule has 0 aliphatic heterocycles. The first kappa shape index (κ1) is 22.3. The van der Waals surface area contributed by atoms with E-state index in [2.05, 4.69) is 6.07 Å². The first-order chi connectivity index (χ1) is 15.2. The lowest BCUT2D eigenvalue weighted by Crippen LogP contribution is -2.04. The van der Waals surface area contributed by atoms with Gasteiger partial charge in [-0.05, 0) is 55.5 Å². The molecule has 162 valence electrons. The van der Waals surface area contributed by atoms with Crippen LogP contribution in [0.2, 0.25) is 0 Å². The van der Waals surface area contributed by atoms with Crippen molar-refractivity contribution in [1.82, 2.24) is 4.98 Å². The maximum atomic E-state index is 11.4. The standard InChI is InChI=1S/C26H29NO4/c1-3-30-26(28)12-8-5-9-17-31-25-19-22(20-13-15-23(29-2)16-14-20)18-24(27-25)21-10-6-4-7-11-21/h4,6-7,10-11,13-16,18-19H,3,5,8-9,12,17H2,1-2H3.